The molecule has 12 unspecified atom stereocenters. The molecule has 10 fully saturated rings. The number of benzene rings is 3. The molecule has 4 saturated heterocycles. The van der Waals surface area contributed by atoms with Crippen molar-refractivity contribution in [1.29, 1.82) is 0 Å². The van der Waals surface area contributed by atoms with Gasteiger partial charge in [0.05, 0.1) is 7.11 Å². The number of para-hydroxylation sites is 1. The van der Waals surface area contributed by atoms with Gasteiger partial charge in [-0.15, -0.1) is 0 Å². The molecule has 3 aromatic carbocycles. The van der Waals surface area contributed by atoms with Crippen molar-refractivity contribution >= 4 is 0 Å². The molecule has 3 aromatic rings. The number of nitrogens with two attached hydrogens (primary N) is 2. The van der Waals surface area contributed by atoms with E-state index in [1.54, 1.807) is 18.2 Å². The zero-order chi connectivity index (χ0) is 43.0. The van der Waals surface area contributed by atoms with Gasteiger partial charge in [0.15, 0.2) is 11.5 Å². The van der Waals surface area contributed by atoms with E-state index in [0.29, 0.717) is 47.2 Å². The Balaban J connectivity index is 0.000000135. The second kappa shape index (κ2) is 16.3. The predicted octanol–water partition coefficient (Wildman–Crippen LogP) is 4.23. The molecular formula is C55H75LiN6O3. The molecule has 12 aliphatic rings. The minimum absolute atomic E-state index is 0. The second-order valence-corrected chi connectivity index (χ2v) is 23.1. The average molecular weight is 875 g/mol. The first-order chi connectivity index (χ1) is 31.4. The largest absolute Gasteiger partial charge is 1.00 e. The van der Waals surface area contributed by atoms with E-state index in [1.165, 1.54) is 140 Å². The van der Waals surface area contributed by atoms with Crippen LogP contribution in [0.25, 0.3) is 0 Å². The number of nitrogens with one attached hydrogen (secondary N) is 2. The van der Waals surface area contributed by atoms with Gasteiger partial charge in [-0.25, -0.2) is 0 Å². The molecule has 9 nitrogen and oxygen atoms in total. The molecule has 12 atom stereocenters. The average Bonchev–Trinajstić information content (AvgIpc) is 4.19. The minimum Gasteiger partial charge on any atom is -1.00 e. The van der Waals surface area contributed by atoms with Crippen molar-refractivity contribution in [1.82, 2.24) is 20.4 Å². The summed E-state index contributed by atoms with van der Waals surface area (Å²) in [4.78, 5) is 5.89. The standard InChI is InChI=1S/C30H36N2O2.C23H30N2O.C2H8N2.Li.H/c1-33-24-10-9-20-15-25-29-12-11-23-26(21(16-29)17-31-23)30(29,13-14-32(25)18-19-7-8-19)27(20)28(24)34-22-5-3-2-4-6-22;26-17-4-3-15-9-20-22-6-5-19-21(16(11-22)12-24-19)23(22,18(15)10-17)7-8-25(20)13-14-1-2-14;3-1-2-4;;/h2-6,9-10,19,21,23,25-26,31H,7-8,11-18H2,1H3;3-4,10,14,16,19-21,24,26H,1-2,5-9,11-13H2;1-4H2;;/q;;;+1;-1. The molecule has 4 heterocycles. The molecule has 4 aliphatic heterocycles. The molecular weight excluding hydrogens is 800 g/mol. The molecule has 0 radical (unpaired) electrons. The molecule has 65 heavy (non-hydrogen) atoms. The van der Waals surface area contributed by atoms with Gasteiger partial charge in [0, 0.05) is 66.7 Å². The fourth-order valence-corrected chi connectivity index (χ4v) is 18.5. The number of nitrogens with zero attached hydrogens (tertiary/aromatic N) is 2. The smallest absolute Gasteiger partial charge is 1.00 e. The Morgan fingerprint density at radius 1 is 0.708 bits per heavy atom. The summed E-state index contributed by atoms with van der Waals surface area (Å²) < 4.78 is 12.8. The number of fused-ring (bicyclic) bond motifs is 2. The van der Waals surface area contributed by atoms with Crippen LogP contribution >= 0.6 is 0 Å². The summed E-state index contributed by atoms with van der Waals surface area (Å²) in [7, 11) is 1.80. The van der Waals surface area contributed by atoms with Crippen molar-refractivity contribution in [3.8, 4) is 23.0 Å². The van der Waals surface area contributed by atoms with E-state index >= 15 is 0 Å². The number of phenolic OH excluding ortho intramolecular Hbond substituents is 1. The van der Waals surface area contributed by atoms with Crippen LogP contribution in [0.4, 0.5) is 0 Å². The maximum Gasteiger partial charge on any atom is 1.00 e. The first kappa shape index (κ1) is 43.7. The molecule has 344 valence electrons. The number of ether oxygens (including phenoxy) is 2. The van der Waals surface area contributed by atoms with Crippen molar-refractivity contribution in [2.24, 2.45) is 57.8 Å². The molecule has 0 spiro atoms. The van der Waals surface area contributed by atoms with E-state index in [9.17, 15) is 5.11 Å². The molecule has 15 rings (SSSR count). The topological polar surface area (TPSA) is 121 Å². The number of piperidine rings is 2. The van der Waals surface area contributed by atoms with Gasteiger partial charge in [-0.05, 0) is 209 Å². The Bertz CT molecular complexity index is 2280. The summed E-state index contributed by atoms with van der Waals surface area (Å²) in [6, 6.07) is 24.1. The van der Waals surface area contributed by atoms with Crippen LogP contribution < -0.4 is 50.4 Å². The minimum atomic E-state index is 0. The molecule has 6 saturated carbocycles. The number of likely N-dealkylation sites (tertiary alicyclic amines) is 2. The van der Waals surface area contributed by atoms with E-state index in [0.717, 1.165) is 64.8 Å². The van der Waals surface area contributed by atoms with E-state index in [-0.39, 0.29) is 25.7 Å². The number of hydrogen-bond donors (Lipinski definition) is 5. The Hall–Kier alpha value is -2.58. The number of phenols is 1. The number of rotatable bonds is 8. The summed E-state index contributed by atoms with van der Waals surface area (Å²) in [6.45, 7) is 8.87. The van der Waals surface area contributed by atoms with Crippen molar-refractivity contribution in [2.75, 3.05) is 59.5 Å². The maximum absolute atomic E-state index is 10.4. The normalized spacial score (nSPS) is 40.4. The van der Waals surface area contributed by atoms with Crippen molar-refractivity contribution < 1.29 is 34.9 Å². The van der Waals surface area contributed by atoms with Crippen LogP contribution in [0.2, 0.25) is 0 Å². The van der Waals surface area contributed by atoms with Crippen LogP contribution in [0.15, 0.2) is 60.7 Å². The first-order valence-corrected chi connectivity index (χ1v) is 26.0. The molecule has 7 N–H and O–H groups in total. The van der Waals surface area contributed by atoms with Gasteiger partial charge in [-0.1, -0.05) is 30.3 Å². The summed E-state index contributed by atoms with van der Waals surface area (Å²) in [5.41, 5.74) is 17.4. The summed E-state index contributed by atoms with van der Waals surface area (Å²) in [5, 5.41) is 18.2. The fraction of sp³-hybridized carbons (Fsp3) is 0.673. The Morgan fingerprint density at radius 3 is 1.88 bits per heavy atom. The third kappa shape index (κ3) is 6.24. The third-order valence-electron chi connectivity index (χ3n) is 20.7. The number of methoxy groups -OCH3 is 1. The Labute approximate surface area is 401 Å². The predicted molar refractivity (Wildman–Crippen MR) is 253 cm³/mol. The van der Waals surface area contributed by atoms with E-state index in [4.69, 9.17) is 20.9 Å². The maximum atomic E-state index is 10.4. The van der Waals surface area contributed by atoms with Crippen molar-refractivity contribution in [2.45, 2.75) is 125 Å². The molecule has 10 heteroatoms. The molecule has 8 bridgehead atoms. The van der Waals surface area contributed by atoms with Crippen LogP contribution in [0.5, 0.6) is 23.0 Å². The second-order valence-electron chi connectivity index (χ2n) is 23.1. The van der Waals surface area contributed by atoms with Gasteiger partial charge < -0.3 is 38.1 Å². The summed E-state index contributed by atoms with van der Waals surface area (Å²) in [6.07, 6.45) is 19.1. The van der Waals surface area contributed by atoms with Crippen LogP contribution in [-0.4, -0.2) is 98.5 Å². The SMILES string of the molecule is COc1ccc2c(c1Oc1ccccc1)C13CCN(CC4CC4)C(C2)C12CCC1NCC(C2)C13.NCCN.Oc1ccc2c(c1)C13CCN(CC4CC4)C(C2)C12CCC1NCC(C2)C13.[H-].[Li+]. The number of aromatic hydroxyl groups is 1. The molecule has 8 aliphatic carbocycles. The summed E-state index contributed by atoms with van der Waals surface area (Å²) in [5.74, 6) is 8.45. The fourth-order valence-electron chi connectivity index (χ4n) is 18.5. The van der Waals surface area contributed by atoms with Gasteiger partial charge in [0.25, 0.3) is 0 Å². The van der Waals surface area contributed by atoms with Crippen LogP contribution in [0, 0.1) is 46.3 Å². The van der Waals surface area contributed by atoms with Gasteiger partial charge >= 0.3 is 18.9 Å². The monoisotopic (exact) mass is 875 g/mol. The summed E-state index contributed by atoms with van der Waals surface area (Å²) >= 11 is 0. The molecule has 0 aromatic heterocycles. The van der Waals surface area contributed by atoms with E-state index in [1.807, 2.05) is 6.07 Å². The van der Waals surface area contributed by atoms with Crippen LogP contribution in [-0.2, 0) is 23.7 Å². The first-order valence-electron chi connectivity index (χ1n) is 26.0. The van der Waals surface area contributed by atoms with Crippen molar-refractivity contribution in [3.05, 3.63) is 82.9 Å². The van der Waals surface area contributed by atoms with Crippen molar-refractivity contribution in [3.63, 3.8) is 0 Å². The zero-order valence-corrected chi connectivity index (χ0v) is 39.4. The van der Waals surface area contributed by atoms with E-state index in [2.05, 4.69) is 75.0 Å². The van der Waals surface area contributed by atoms with Crippen LogP contribution in [0.3, 0.4) is 0 Å². The zero-order valence-electron chi connectivity index (χ0n) is 40.4. The van der Waals surface area contributed by atoms with Crippen LogP contribution in [0.1, 0.15) is 101 Å². The van der Waals surface area contributed by atoms with E-state index < -0.39 is 0 Å². The molecule has 0 amide bonds. The van der Waals surface area contributed by atoms with Gasteiger partial charge in [0.1, 0.15) is 11.5 Å². The Morgan fingerprint density at radius 2 is 1.28 bits per heavy atom. The van der Waals surface area contributed by atoms with Gasteiger partial charge in [0.2, 0.25) is 0 Å². The van der Waals surface area contributed by atoms with Gasteiger partial charge in [-0.2, -0.15) is 0 Å². The third-order valence-corrected chi connectivity index (χ3v) is 20.7. The Kier molecular flexibility index (Phi) is 10.9. The quantitative estimate of drug-likeness (QED) is 0.212. The van der Waals surface area contributed by atoms with Gasteiger partial charge in [-0.3, -0.25) is 9.80 Å². The number of hydrogen-bond acceptors (Lipinski definition) is 9.